The molecule has 4 rings (SSSR count). The van der Waals surface area contributed by atoms with Crippen LogP contribution in [0.25, 0.3) is 0 Å². The first kappa shape index (κ1) is 17.6. The van der Waals surface area contributed by atoms with Gasteiger partial charge >= 0.3 is 0 Å². The van der Waals surface area contributed by atoms with Gasteiger partial charge < -0.3 is 9.84 Å². The Morgan fingerprint density at radius 3 is 2.07 bits per heavy atom. The molecule has 0 aliphatic carbocycles. The first-order valence-electron chi connectivity index (χ1n) is 8.66. The molecule has 5 nitrogen and oxygen atoms in total. The van der Waals surface area contributed by atoms with E-state index in [1.54, 1.807) is 36.4 Å². The summed E-state index contributed by atoms with van der Waals surface area (Å²) in [7, 11) is -3.56. The van der Waals surface area contributed by atoms with Crippen LogP contribution in [0.4, 0.5) is 0 Å². The number of sulfonamides is 1. The van der Waals surface area contributed by atoms with E-state index >= 15 is 0 Å². The highest BCUT2D eigenvalue weighted by Crippen LogP contribution is 2.28. The van der Waals surface area contributed by atoms with Crippen LogP contribution < -0.4 is 4.74 Å². The van der Waals surface area contributed by atoms with E-state index in [9.17, 15) is 13.5 Å². The average Bonchev–Trinajstić information content (AvgIpc) is 2.70. The molecule has 6 heteroatoms. The van der Waals surface area contributed by atoms with Crippen molar-refractivity contribution in [3.05, 3.63) is 83.9 Å². The monoisotopic (exact) mass is 381 g/mol. The molecular formula is C21H19NO4S. The number of fused-ring (bicyclic) bond motifs is 1. The zero-order valence-corrected chi connectivity index (χ0v) is 15.4. The maximum atomic E-state index is 13.0. The van der Waals surface area contributed by atoms with Crippen LogP contribution in [0.5, 0.6) is 17.2 Å². The summed E-state index contributed by atoms with van der Waals surface area (Å²) in [5, 5.41) is 9.31. The van der Waals surface area contributed by atoms with Crippen molar-refractivity contribution in [1.82, 2.24) is 4.31 Å². The molecule has 1 heterocycles. The second-order valence-corrected chi connectivity index (χ2v) is 8.36. The molecule has 0 unspecified atom stereocenters. The molecule has 138 valence electrons. The zero-order chi connectivity index (χ0) is 18.9. The van der Waals surface area contributed by atoms with Gasteiger partial charge in [0.25, 0.3) is 0 Å². The van der Waals surface area contributed by atoms with Gasteiger partial charge in [-0.15, -0.1) is 0 Å². The smallest absolute Gasteiger partial charge is 0.243 e. The topological polar surface area (TPSA) is 66.8 Å². The van der Waals surface area contributed by atoms with Crippen molar-refractivity contribution in [3.8, 4) is 17.2 Å². The first-order chi connectivity index (χ1) is 13.0. The molecule has 0 saturated carbocycles. The third-order valence-corrected chi connectivity index (χ3v) is 6.49. The molecule has 0 bridgehead atoms. The fourth-order valence-electron chi connectivity index (χ4n) is 3.15. The summed E-state index contributed by atoms with van der Waals surface area (Å²) in [6.45, 7) is 0.870. The molecule has 0 aromatic heterocycles. The third kappa shape index (κ3) is 3.67. The molecule has 3 aromatic carbocycles. The number of ether oxygens (including phenoxy) is 1. The van der Waals surface area contributed by atoms with Gasteiger partial charge in [-0.25, -0.2) is 8.42 Å². The maximum Gasteiger partial charge on any atom is 0.243 e. The van der Waals surface area contributed by atoms with Crippen molar-refractivity contribution in [1.29, 1.82) is 0 Å². The Bertz CT molecular complexity index is 1040. The molecule has 0 saturated heterocycles. The molecule has 0 fully saturated rings. The molecule has 1 aliphatic rings. The Kier molecular flexibility index (Phi) is 4.59. The number of aromatic hydroxyl groups is 1. The van der Waals surface area contributed by atoms with Crippen molar-refractivity contribution in [2.75, 3.05) is 6.54 Å². The van der Waals surface area contributed by atoms with E-state index in [-0.39, 0.29) is 10.6 Å². The highest BCUT2D eigenvalue weighted by atomic mass is 32.2. The van der Waals surface area contributed by atoms with Gasteiger partial charge in [0.1, 0.15) is 17.2 Å². The van der Waals surface area contributed by atoms with E-state index in [1.165, 1.54) is 22.0 Å². The number of hydrogen-bond donors (Lipinski definition) is 1. The molecule has 0 amide bonds. The predicted octanol–water partition coefficient (Wildman–Crippen LogP) is 3.93. The van der Waals surface area contributed by atoms with Crippen LogP contribution in [0.15, 0.2) is 77.7 Å². The van der Waals surface area contributed by atoms with Crippen LogP contribution in [0.2, 0.25) is 0 Å². The molecule has 1 N–H and O–H groups in total. The van der Waals surface area contributed by atoms with E-state index in [0.29, 0.717) is 24.6 Å². The number of phenols is 1. The Morgan fingerprint density at radius 2 is 1.41 bits per heavy atom. The summed E-state index contributed by atoms with van der Waals surface area (Å²) < 4.78 is 33.1. The SMILES string of the molecule is O=S(=O)(c1ccc(Oc2ccc(O)cc2)cc1)N1CCc2ccccc2C1. The standard InChI is InChI=1S/C21H19NO4S/c23-18-5-7-19(8-6-18)26-20-9-11-21(12-10-20)27(24,25)22-14-13-16-3-1-2-4-17(16)15-22/h1-12,23H,13-15H2. The molecule has 3 aromatic rings. The number of phenolic OH excluding ortho intramolecular Hbond substituents is 1. The second-order valence-electron chi connectivity index (χ2n) is 6.42. The summed E-state index contributed by atoms with van der Waals surface area (Å²) in [6, 6.07) is 20.7. The Morgan fingerprint density at radius 1 is 0.815 bits per heavy atom. The molecule has 0 atom stereocenters. The second kappa shape index (κ2) is 7.06. The van der Waals surface area contributed by atoms with Crippen LogP contribution in [-0.2, 0) is 23.0 Å². The molecule has 27 heavy (non-hydrogen) atoms. The Hall–Kier alpha value is -2.83. The summed E-state index contributed by atoms with van der Waals surface area (Å²) >= 11 is 0. The summed E-state index contributed by atoms with van der Waals surface area (Å²) in [4.78, 5) is 0.250. The van der Waals surface area contributed by atoms with Crippen molar-refractivity contribution in [2.45, 2.75) is 17.9 Å². The van der Waals surface area contributed by atoms with E-state index in [1.807, 2.05) is 18.2 Å². The Balaban J connectivity index is 1.52. The zero-order valence-electron chi connectivity index (χ0n) is 14.6. The minimum absolute atomic E-state index is 0.159. The molecule has 0 spiro atoms. The van der Waals surface area contributed by atoms with E-state index in [2.05, 4.69) is 6.07 Å². The van der Waals surface area contributed by atoms with Gasteiger partial charge in [-0.3, -0.25) is 0 Å². The van der Waals surface area contributed by atoms with Crippen LogP contribution >= 0.6 is 0 Å². The molecule has 0 radical (unpaired) electrons. The number of benzene rings is 3. The van der Waals surface area contributed by atoms with Gasteiger partial charge in [-0.05, 0) is 66.1 Å². The van der Waals surface area contributed by atoms with Crippen molar-refractivity contribution in [2.24, 2.45) is 0 Å². The van der Waals surface area contributed by atoms with Crippen LogP contribution in [0.1, 0.15) is 11.1 Å². The maximum absolute atomic E-state index is 13.0. The lowest BCUT2D eigenvalue weighted by Crippen LogP contribution is -2.35. The minimum Gasteiger partial charge on any atom is -0.508 e. The van der Waals surface area contributed by atoms with E-state index in [4.69, 9.17) is 4.74 Å². The van der Waals surface area contributed by atoms with E-state index < -0.39 is 10.0 Å². The van der Waals surface area contributed by atoms with Gasteiger partial charge in [0.05, 0.1) is 4.90 Å². The average molecular weight is 381 g/mol. The van der Waals surface area contributed by atoms with Gasteiger partial charge in [-0.1, -0.05) is 24.3 Å². The fourth-order valence-corrected chi connectivity index (χ4v) is 4.57. The largest absolute Gasteiger partial charge is 0.508 e. The summed E-state index contributed by atoms with van der Waals surface area (Å²) in [6.07, 6.45) is 0.720. The van der Waals surface area contributed by atoms with Gasteiger partial charge in [0.15, 0.2) is 0 Å². The Labute approximate surface area is 158 Å². The lowest BCUT2D eigenvalue weighted by molar-refractivity contribution is 0.391. The highest BCUT2D eigenvalue weighted by molar-refractivity contribution is 7.89. The van der Waals surface area contributed by atoms with Gasteiger partial charge in [-0.2, -0.15) is 4.31 Å². The predicted molar refractivity (Wildman–Crippen MR) is 102 cm³/mol. The lowest BCUT2D eigenvalue weighted by Gasteiger charge is -2.28. The minimum atomic E-state index is -3.56. The molecular weight excluding hydrogens is 362 g/mol. The van der Waals surface area contributed by atoms with Gasteiger partial charge in [0, 0.05) is 13.1 Å². The summed E-state index contributed by atoms with van der Waals surface area (Å²) in [5.41, 5.74) is 2.27. The van der Waals surface area contributed by atoms with Crippen molar-refractivity contribution >= 4 is 10.0 Å². The fraction of sp³-hybridized carbons (Fsp3) is 0.143. The van der Waals surface area contributed by atoms with Crippen LogP contribution in [0.3, 0.4) is 0 Å². The number of rotatable bonds is 4. The van der Waals surface area contributed by atoms with Crippen LogP contribution in [0, 0.1) is 0 Å². The normalized spacial score (nSPS) is 14.5. The van der Waals surface area contributed by atoms with Crippen LogP contribution in [-0.4, -0.2) is 24.4 Å². The quantitative estimate of drug-likeness (QED) is 0.744. The first-order valence-corrected chi connectivity index (χ1v) is 10.1. The number of nitrogens with zero attached hydrogens (tertiary/aromatic N) is 1. The number of hydrogen-bond acceptors (Lipinski definition) is 4. The van der Waals surface area contributed by atoms with Crippen molar-refractivity contribution < 1.29 is 18.3 Å². The third-order valence-electron chi connectivity index (χ3n) is 4.63. The van der Waals surface area contributed by atoms with E-state index in [0.717, 1.165) is 12.0 Å². The van der Waals surface area contributed by atoms with Gasteiger partial charge in [0.2, 0.25) is 10.0 Å². The lowest BCUT2D eigenvalue weighted by atomic mass is 10.0. The van der Waals surface area contributed by atoms with Crippen molar-refractivity contribution in [3.63, 3.8) is 0 Å². The molecule has 1 aliphatic heterocycles. The summed E-state index contributed by atoms with van der Waals surface area (Å²) in [5.74, 6) is 1.26. The highest BCUT2D eigenvalue weighted by Gasteiger charge is 2.28.